The van der Waals surface area contributed by atoms with Gasteiger partial charge in [-0.2, -0.15) is 0 Å². The molecule has 202 valence electrons. The molecule has 2 aromatic carbocycles. The average Bonchev–Trinajstić information content (AvgIpc) is 3.03. The van der Waals surface area contributed by atoms with Gasteiger partial charge in [0, 0.05) is 13.1 Å². The highest BCUT2D eigenvalue weighted by Gasteiger charge is 2.29. The van der Waals surface area contributed by atoms with Crippen molar-refractivity contribution in [3.05, 3.63) is 58.4 Å². The summed E-state index contributed by atoms with van der Waals surface area (Å²) < 4.78 is 45.9. The van der Waals surface area contributed by atoms with Crippen molar-refractivity contribution in [2.75, 3.05) is 24.7 Å². The summed E-state index contributed by atoms with van der Waals surface area (Å²) in [6.45, 7) is 8.00. The number of nitrogens with zero attached hydrogens (tertiary/aromatic N) is 1. The van der Waals surface area contributed by atoms with Crippen LogP contribution in [0.2, 0.25) is 5.02 Å². The molecule has 0 radical (unpaired) electrons. The number of carbonyl (C=O) groups is 2. The minimum atomic E-state index is -3.74. The number of ether oxygens (including phenoxy) is 1. The molecule has 37 heavy (non-hydrogen) atoms. The molecule has 3 rings (SSSR count). The molecule has 1 aliphatic heterocycles. The van der Waals surface area contributed by atoms with Crippen LogP contribution in [0.4, 0.5) is 9.18 Å². The SMILES string of the molecule is Cc1cccc(-c2cc(Cl)c(F)c(C(=O)NCS(=O)(=O)CC3CCCCN(C(=O)OC(C)(C)C)C3)c2)c1. The maximum Gasteiger partial charge on any atom is 0.410 e. The number of carbonyl (C=O) groups excluding carboxylic acids is 2. The topological polar surface area (TPSA) is 92.8 Å². The molecule has 1 aliphatic rings. The van der Waals surface area contributed by atoms with Crippen LogP contribution in [0.3, 0.4) is 0 Å². The lowest BCUT2D eigenvalue weighted by Crippen LogP contribution is -2.41. The first-order valence-electron chi connectivity index (χ1n) is 12.3. The van der Waals surface area contributed by atoms with E-state index in [-0.39, 0.29) is 28.8 Å². The normalized spacial score (nSPS) is 16.7. The lowest BCUT2D eigenvalue weighted by atomic mass is 10.0. The van der Waals surface area contributed by atoms with Gasteiger partial charge in [-0.25, -0.2) is 17.6 Å². The Hall–Kier alpha value is -2.65. The highest BCUT2D eigenvalue weighted by molar-refractivity contribution is 7.91. The number of sulfone groups is 1. The molecule has 0 bridgehead atoms. The molecule has 2 aromatic rings. The molecule has 7 nitrogen and oxygen atoms in total. The summed E-state index contributed by atoms with van der Waals surface area (Å²) in [6.07, 6.45) is 1.70. The fourth-order valence-corrected chi connectivity index (χ4v) is 5.97. The Labute approximate surface area is 223 Å². The Morgan fingerprint density at radius 2 is 1.89 bits per heavy atom. The van der Waals surface area contributed by atoms with Crippen LogP contribution in [0.5, 0.6) is 0 Å². The van der Waals surface area contributed by atoms with Crippen molar-refractivity contribution >= 4 is 33.4 Å². The van der Waals surface area contributed by atoms with Gasteiger partial charge >= 0.3 is 6.09 Å². The summed E-state index contributed by atoms with van der Waals surface area (Å²) in [7, 11) is -3.74. The minimum Gasteiger partial charge on any atom is -0.444 e. The Morgan fingerprint density at radius 3 is 2.57 bits per heavy atom. The number of hydrogen-bond donors (Lipinski definition) is 1. The summed E-state index contributed by atoms with van der Waals surface area (Å²) in [6, 6.07) is 10.2. The predicted octanol–water partition coefficient (Wildman–Crippen LogP) is 5.59. The first-order valence-corrected chi connectivity index (χ1v) is 14.5. The molecule has 0 aromatic heterocycles. The number of benzene rings is 2. The van der Waals surface area contributed by atoms with E-state index in [2.05, 4.69) is 5.32 Å². The minimum absolute atomic E-state index is 0.209. The maximum absolute atomic E-state index is 14.7. The Morgan fingerprint density at radius 1 is 1.16 bits per heavy atom. The smallest absolute Gasteiger partial charge is 0.410 e. The molecule has 0 aliphatic carbocycles. The monoisotopic (exact) mass is 552 g/mol. The number of hydrogen-bond acceptors (Lipinski definition) is 5. The van der Waals surface area contributed by atoms with E-state index in [4.69, 9.17) is 16.3 Å². The van der Waals surface area contributed by atoms with E-state index >= 15 is 0 Å². The highest BCUT2D eigenvalue weighted by atomic mass is 35.5. The molecule has 0 saturated carbocycles. The van der Waals surface area contributed by atoms with E-state index in [0.717, 1.165) is 24.0 Å². The zero-order valence-electron chi connectivity index (χ0n) is 21.6. The van der Waals surface area contributed by atoms with E-state index in [1.807, 2.05) is 31.2 Å². The van der Waals surface area contributed by atoms with Crippen molar-refractivity contribution in [1.82, 2.24) is 10.2 Å². The van der Waals surface area contributed by atoms with Gasteiger partial charge < -0.3 is 15.0 Å². The van der Waals surface area contributed by atoms with Crippen LogP contribution in [-0.2, 0) is 14.6 Å². The van der Waals surface area contributed by atoms with Gasteiger partial charge in [-0.15, -0.1) is 0 Å². The van der Waals surface area contributed by atoms with Crippen LogP contribution in [0.25, 0.3) is 11.1 Å². The third-order valence-electron chi connectivity index (χ3n) is 5.99. The third kappa shape index (κ3) is 8.43. The molecule has 1 N–H and O–H groups in total. The lowest BCUT2D eigenvalue weighted by molar-refractivity contribution is 0.0238. The summed E-state index contributed by atoms with van der Waals surface area (Å²) in [5.41, 5.74) is 1.31. The van der Waals surface area contributed by atoms with Crippen LogP contribution < -0.4 is 5.32 Å². The zero-order chi connectivity index (χ0) is 27.4. The van der Waals surface area contributed by atoms with Gasteiger partial charge in [0.15, 0.2) is 15.7 Å². The van der Waals surface area contributed by atoms with Crippen molar-refractivity contribution in [1.29, 1.82) is 0 Å². The van der Waals surface area contributed by atoms with Crippen molar-refractivity contribution in [2.24, 2.45) is 5.92 Å². The first-order chi connectivity index (χ1) is 17.2. The molecule has 10 heteroatoms. The molecule has 1 heterocycles. The van der Waals surface area contributed by atoms with Gasteiger partial charge in [0.1, 0.15) is 11.5 Å². The maximum atomic E-state index is 14.7. The summed E-state index contributed by atoms with van der Waals surface area (Å²) >= 11 is 6.05. The standard InChI is InChI=1S/C27H34ClFN2O5S/c1-18-8-7-10-20(12-18)21-13-22(24(29)23(28)14-21)25(32)30-17-37(34,35)16-19-9-5-6-11-31(15-19)26(33)36-27(2,3)4/h7-8,10,12-14,19H,5-6,9,11,15-17H2,1-4H3,(H,30,32). The molecular weight excluding hydrogens is 519 g/mol. The number of nitrogens with one attached hydrogen (secondary N) is 1. The Kier molecular flexibility index (Phi) is 9.23. The molecule has 1 fully saturated rings. The van der Waals surface area contributed by atoms with Crippen molar-refractivity contribution in [2.45, 2.75) is 52.6 Å². The van der Waals surface area contributed by atoms with Gasteiger partial charge in [0.2, 0.25) is 0 Å². The van der Waals surface area contributed by atoms with Crippen LogP contribution in [-0.4, -0.2) is 55.6 Å². The summed E-state index contributed by atoms with van der Waals surface area (Å²) in [4.78, 5) is 26.8. The molecule has 0 spiro atoms. The van der Waals surface area contributed by atoms with E-state index in [0.29, 0.717) is 18.5 Å². The van der Waals surface area contributed by atoms with Crippen LogP contribution in [0.15, 0.2) is 36.4 Å². The number of aryl methyl sites for hydroxylation is 1. The molecular formula is C27H34ClFN2O5S. The zero-order valence-corrected chi connectivity index (χ0v) is 23.2. The first kappa shape index (κ1) is 28.9. The average molecular weight is 553 g/mol. The van der Waals surface area contributed by atoms with Gasteiger partial charge in [-0.3, -0.25) is 4.79 Å². The van der Waals surface area contributed by atoms with Gasteiger partial charge in [-0.1, -0.05) is 47.9 Å². The number of halogens is 2. The van der Waals surface area contributed by atoms with Crippen LogP contribution in [0, 0.1) is 18.7 Å². The van der Waals surface area contributed by atoms with E-state index < -0.39 is 39.1 Å². The van der Waals surface area contributed by atoms with Crippen molar-refractivity contribution in [3.8, 4) is 11.1 Å². The molecule has 1 unspecified atom stereocenters. The second kappa shape index (κ2) is 11.8. The van der Waals surface area contributed by atoms with Crippen LogP contribution >= 0.6 is 11.6 Å². The fraction of sp³-hybridized carbons (Fsp3) is 0.481. The largest absolute Gasteiger partial charge is 0.444 e. The Bertz CT molecular complexity index is 1260. The second-order valence-electron chi connectivity index (χ2n) is 10.5. The Balaban J connectivity index is 1.67. The van der Waals surface area contributed by atoms with Crippen LogP contribution in [0.1, 0.15) is 56.0 Å². The lowest BCUT2D eigenvalue weighted by Gasteiger charge is -2.28. The summed E-state index contributed by atoms with van der Waals surface area (Å²) in [5.74, 6) is -2.94. The van der Waals surface area contributed by atoms with E-state index in [1.54, 1.807) is 25.7 Å². The van der Waals surface area contributed by atoms with Crippen molar-refractivity contribution < 1.29 is 27.1 Å². The van der Waals surface area contributed by atoms with Gasteiger partial charge in [0.25, 0.3) is 5.91 Å². The van der Waals surface area contributed by atoms with Gasteiger partial charge in [0.05, 0.1) is 16.3 Å². The van der Waals surface area contributed by atoms with Crippen molar-refractivity contribution in [3.63, 3.8) is 0 Å². The summed E-state index contributed by atoms with van der Waals surface area (Å²) in [5, 5.41) is 2.11. The number of rotatable bonds is 6. The molecule has 1 atom stereocenters. The second-order valence-corrected chi connectivity index (χ2v) is 13.1. The van der Waals surface area contributed by atoms with E-state index in [1.165, 1.54) is 12.1 Å². The quantitative estimate of drug-likeness (QED) is 0.504. The number of amides is 2. The predicted molar refractivity (Wildman–Crippen MR) is 143 cm³/mol. The third-order valence-corrected chi connectivity index (χ3v) is 7.83. The molecule has 1 saturated heterocycles. The molecule has 2 amide bonds. The highest BCUT2D eigenvalue weighted by Crippen LogP contribution is 2.29. The van der Waals surface area contributed by atoms with E-state index in [9.17, 15) is 22.4 Å². The number of likely N-dealkylation sites (tertiary alicyclic amines) is 1. The van der Waals surface area contributed by atoms with Gasteiger partial charge in [-0.05, 0) is 69.7 Å². The fourth-order valence-electron chi connectivity index (χ4n) is 4.29.